The highest BCUT2D eigenvalue weighted by Gasteiger charge is 2.18. The van der Waals surface area contributed by atoms with Crippen molar-refractivity contribution in [1.29, 1.82) is 0 Å². The van der Waals surface area contributed by atoms with Gasteiger partial charge in [-0.25, -0.2) is 0 Å². The van der Waals surface area contributed by atoms with Crippen molar-refractivity contribution in [2.24, 2.45) is 11.8 Å². The summed E-state index contributed by atoms with van der Waals surface area (Å²) in [5, 5.41) is 0. The van der Waals surface area contributed by atoms with E-state index in [1.807, 2.05) is 11.1 Å². The van der Waals surface area contributed by atoms with Crippen LogP contribution in [-0.2, 0) is 0 Å². The van der Waals surface area contributed by atoms with Gasteiger partial charge in [-0.2, -0.15) is 0 Å². The average molecular weight is 206 g/mol. The van der Waals surface area contributed by atoms with Gasteiger partial charge in [-0.05, 0) is 63.2 Å². The molecule has 2 aliphatic carbocycles. The summed E-state index contributed by atoms with van der Waals surface area (Å²) in [6, 6.07) is 0. The Morgan fingerprint density at radius 1 is 0.667 bits per heavy atom. The van der Waals surface area contributed by atoms with E-state index < -0.39 is 0 Å². The fourth-order valence-electron chi connectivity index (χ4n) is 3.17. The molecule has 15 heavy (non-hydrogen) atoms. The lowest BCUT2D eigenvalue weighted by atomic mass is 9.83. The molecule has 0 aromatic carbocycles. The fraction of sp³-hybridized carbons (Fsp3) is 0.867. The molecule has 2 saturated carbocycles. The summed E-state index contributed by atoms with van der Waals surface area (Å²) in [6.45, 7) is 4.84. The third-order valence-corrected chi connectivity index (χ3v) is 4.49. The predicted octanol–water partition coefficient (Wildman–Crippen LogP) is 5.09. The Kier molecular flexibility index (Phi) is 3.88. The van der Waals surface area contributed by atoms with Gasteiger partial charge in [-0.15, -0.1) is 0 Å². The molecule has 1 unspecified atom stereocenters. The molecule has 0 aromatic heterocycles. The van der Waals surface area contributed by atoms with Gasteiger partial charge in [0.2, 0.25) is 0 Å². The van der Waals surface area contributed by atoms with Crippen LogP contribution in [0.4, 0.5) is 0 Å². The van der Waals surface area contributed by atoms with Crippen LogP contribution in [-0.4, -0.2) is 0 Å². The molecule has 0 aromatic rings. The van der Waals surface area contributed by atoms with Gasteiger partial charge in [0.25, 0.3) is 0 Å². The fourth-order valence-corrected chi connectivity index (χ4v) is 3.17. The first kappa shape index (κ1) is 11.2. The molecule has 86 valence electrons. The van der Waals surface area contributed by atoms with Crippen LogP contribution in [0.1, 0.15) is 71.6 Å². The highest BCUT2D eigenvalue weighted by molar-refractivity contribution is 5.17. The summed E-state index contributed by atoms with van der Waals surface area (Å²) in [5.41, 5.74) is 3.73. The van der Waals surface area contributed by atoms with Gasteiger partial charge in [0, 0.05) is 0 Å². The molecule has 0 N–H and O–H groups in total. The van der Waals surface area contributed by atoms with E-state index in [2.05, 4.69) is 13.8 Å². The van der Waals surface area contributed by atoms with Crippen LogP contribution in [0.5, 0.6) is 0 Å². The average Bonchev–Trinajstić information content (AvgIpc) is 2.44. The van der Waals surface area contributed by atoms with E-state index in [1.165, 1.54) is 57.8 Å². The van der Waals surface area contributed by atoms with Crippen molar-refractivity contribution in [1.82, 2.24) is 0 Å². The van der Waals surface area contributed by atoms with Crippen molar-refractivity contribution in [2.75, 3.05) is 0 Å². The first-order valence-electron chi connectivity index (χ1n) is 6.95. The minimum Gasteiger partial charge on any atom is -0.0710 e. The van der Waals surface area contributed by atoms with Crippen LogP contribution < -0.4 is 0 Å². The predicted molar refractivity (Wildman–Crippen MR) is 66.9 cm³/mol. The molecule has 2 fully saturated rings. The van der Waals surface area contributed by atoms with Crippen LogP contribution in [0, 0.1) is 11.8 Å². The zero-order valence-corrected chi connectivity index (χ0v) is 10.5. The highest BCUT2D eigenvalue weighted by Crippen LogP contribution is 2.35. The van der Waals surface area contributed by atoms with Gasteiger partial charge in [-0.3, -0.25) is 0 Å². The van der Waals surface area contributed by atoms with Crippen LogP contribution >= 0.6 is 0 Å². The lowest BCUT2D eigenvalue weighted by molar-refractivity contribution is 0.438. The maximum Gasteiger partial charge on any atom is -0.0315 e. The van der Waals surface area contributed by atoms with E-state index in [4.69, 9.17) is 0 Å². The summed E-state index contributed by atoms with van der Waals surface area (Å²) < 4.78 is 0. The van der Waals surface area contributed by atoms with E-state index in [1.54, 1.807) is 0 Å². The molecule has 0 nitrogen and oxygen atoms in total. The molecule has 2 aliphatic rings. The van der Waals surface area contributed by atoms with Crippen molar-refractivity contribution < 1.29 is 0 Å². The van der Waals surface area contributed by atoms with Crippen LogP contribution in [0.2, 0.25) is 0 Å². The molecule has 0 radical (unpaired) electrons. The largest absolute Gasteiger partial charge is 0.0710 e. The smallest absolute Gasteiger partial charge is 0.0315 e. The van der Waals surface area contributed by atoms with Gasteiger partial charge in [0.15, 0.2) is 0 Å². The zero-order chi connectivity index (χ0) is 10.7. The Morgan fingerprint density at radius 3 is 1.73 bits per heavy atom. The Labute approximate surface area is 95.1 Å². The molecule has 1 atom stereocenters. The van der Waals surface area contributed by atoms with Crippen LogP contribution in [0.15, 0.2) is 11.1 Å². The van der Waals surface area contributed by atoms with Crippen LogP contribution in [0.25, 0.3) is 0 Å². The summed E-state index contributed by atoms with van der Waals surface area (Å²) in [7, 11) is 0. The highest BCUT2D eigenvalue weighted by atomic mass is 14.2. The molecule has 0 heteroatoms. The van der Waals surface area contributed by atoms with E-state index in [9.17, 15) is 0 Å². The summed E-state index contributed by atoms with van der Waals surface area (Å²) in [5.74, 6) is 1.96. The number of allylic oxidation sites excluding steroid dienone is 2. The third-order valence-electron chi connectivity index (χ3n) is 4.49. The Balaban J connectivity index is 1.98. The van der Waals surface area contributed by atoms with E-state index in [-0.39, 0.29) is 0 Å². The molecule has 0 aliphatic heterocycles. The van der Waals surface area contributed by atoms with Crippen molar-refractivity contribution in [2.45, 2.75) is 71.6 Å². The standard InChI is InChI=1S/C15H26/c1-12-4-3-5-14(9-6-12)15-10-7-13(2)8-11-15/h12-13H,3-11H2,1-2H3. The second-order valence-corrected chi connectivity index (χ2v) is 5.93. The molecule has 2 rings (SSSR count). The lowest BCUT2D eigenvalue weighted by Crippen LogP contribution is -2.06. The number of hydrogen-bond donors (Lipinski definition) is 0. The van der Waals surface area contributed by atoms with Crippen molar-refractivity contribution in [3.63, 3.8) is 0 Å². The van der Waals surface area contributed by atoms with E-state index in [0.717, 1.165) is 11.8 Å². The molecular formula is C15H26. The molecule has 0 spiro atoms. The van der Waals surface area contributed by atoms with Gasteiger partial charge in [0.1, 0.15) is 0 Å². The summed E-state index contributed by atoms with van der Waals surface area (Å²) >= 11 is 0. The monoisotopic (exact) mass is 206 g/mol. The summed E-state index contributed by atoms with van der Waals surface area (Å²) in [4.78, 5) is 0. The zero-order valence-electron chi connectivity index (χ0n) is 10.5. The van der Waals surface area contributed by atoms with E-state index >= 15 is 0 Å². The minimum atomic E-state index is 0.977. The Hall–Kier alpha value is -0.260. The normalized spacial score (nSPS) is 34.0. The van der Waals surface area contributed by atoms with Gasteiger partial charge < -0.3 is 0 Å². The second-order valence-electron chi connectivity index (χ2n) is 5.93. The van der Waals surface area contributed by atoms with Gasteiger partial charge >= 0.3 is 0 Å². The maximum atomic E-state index is 2.43. The molecule has 0 heterocycles. The quantitative estimate of drug-likeness (QED) is 0.382. The first-order valence-corrected chi connectivity index (χ1v) is 6.95. The lowest BCUT2D eigenvalue weighted by Gasteiger charge is -2.23. The minimum absolute atomic E-state index is 0.977. The van der Waals surface area contributed by atoms with Crippen molar-refractivity contribution in [3.05, 3.63) is 11.1 Å². The third kappa shape index (κ3) is 3.09. The van der Waals surface area contributed by atoms with E-state index in [0.29, 0.717) is 0 Å². The number of hydrogen-bond acceptors (Lipinski definition) is 0. The van der Waals surface area contributed by atoms with Crippen molar-refractivity contribution in [3.8, 4) is 0 Å². The van der Waals surface area contributed by atoms with Crippen LogP contribution in [0.3, 0.4) is 0 Å². The first-order chi connectivity index (χ1) is 7.25. The molecule has 0 amide bonds. The van der Waals surface area contributed by atoms with Crippen molar-refractivity contribution >= 4 is 0 Å². The second kappa shape index (κ2) is 5.18. The molecular weight excluding hydrogens is 180 g/mol. The Bertz CT molecular complexity index is 226. The maximum absolute atomic E-state index is 2.43. The van der Waals surface area contributed by atoms with Gasteiger partial charge in [-0.1, -0.05) is 31.4 Å². The Morgan fingerprint density at radius 2 is 1.13 bits per heavy atom. The van der Waals surface area contributed by atoms with Gasteiger partial charge in [0.05, 0.1) is 0 Å². The molecule has 0 bridgehead atoms. The molecule has 0 saturated heterocycles. The SMILES string of the molecule is CC1CCCC(=C2CCC(C)CC2)CC1. The topological polar surface area (TPSA) is 0 Å². The summed E-state index contributed by atoms with van der Waals surface area (Å²) in [6.07, 6.45) is 13.0. The number of rotatable bonds is 0.